The molecule has 0 saturated heterocycles. The molecule has 9 heteroatoms. The number of carbonyl (C=O) groups is 1. The number of guanidine groups is 1. The lowest BCUT2D eigenvalue weighted by Gasteiger charge is -2.18. The predicted octanol–water partition coefficient (Wildman–Crippen LogP) is 3.41. The third-order valence-electron chi connectivity index (χ3n) is 4.44. The minimum Gasteiger partial charge on any atom is -0.492 e. The van der Waals surface area contributed by atoms with Gasteiger partial charge in [-0.2, -0.15) is 0 Å². The van der Waals surface area contributed by atoms with E-state index in [9.17, 15) is 4.79 Å². The SMILES string of the molecule is CCNC(=NCCc1ccc(Cl)nc1)NCCOc1ccc2c(c1)CCC(=O)N2.I. The maximum atomic E-state index is 11.4. The molecule has 0 aliphatic carbocycles. The molecule has 0 saturated carbocycles. The number of aryl methyl sites for hydroxylation is 1. The van der Waals surface area contributed by atoms with Crippen molar-refractivity contribution in [2.45, 2.75) is 26.2 Å². The van der Waals surface area contributed by atoms with Crippen LogP contribution in [0.15, 0.2) is 41.5 Å². The van der Waals surface area contributed by atoms with Crippen LogP contribution in [0.25, 0.3) is 0 Å². The number of amides is 1. The standard InChI is InChI=1S/C21H26ClN5O2.HI/c1-2-23-21(24-10-9-15-3-7-19(22)26-14-15)25-11-12-29-17-5-6-18-16(13-17)4-8-20(28)27-18;/h3,5-7,13-14H,2,4,8-12H2,1H3,(H,27,28)(H2,23,24,25);1H. The summed E-state index contributed by atoms with van der Waals surface area (Å²) in [7, 11) is 0. The number of nitrogens with one attached hydrogen (secondary N) is 3. The van der Waals surface area contributed by atoms with Crippen LogP contribution in [0.2, 0.25) is 5.15 Å². The molecule has 30 heavy (non-hydrogen) atoms. The molecular formula is C21H27ClIN5O2. The Hall–Kier alpha value is -2.07. The molecule has 1 aromatic carbocycles. The minimum absolute atomic E-state index is 0. The third kappa shape index (κ3) is 7.64. The summed E-state index contributed by atoms with van der Waals surface area (Å²) in [6, 6.07) is 9.52. The summed E-state index contributed by atoms with van der Waals surface area (Å²) in [5.74, 6) is 1.63. The average Bonchev–Trinajstić information content (AvgIpc) is 2.72. The van der Waals surface area contributed by atoms with Crippen LogP contribution in [0.5, 0.6) is 5.75 Å². The topological polar surface area (TPSA) is 87.6 Å². The van der Waals surface area contributed by atoms with Gasteiger partial charge in [-0.15, -0.1) is 24.0 Å². The first-order valence-electron chi connectivity index (χ1n) is 9.82. The summed E-state index contributed by atoms with van der Waals surface area (Å²) >= 11 is 5.81. The number of halogens is 2. The molecule has 0 spiro atoms. The van der Waals surface area contributed by atoms with E-state index < -0.39 is 0 Å². The van der Waals surface area contributed by atoms with Crippen molar-refractivity contribution in [3.63, 3.8) is 0 Å². The summed E-state index contributed by atoms with van der Waals surface area (Å²) in [6.07, 6.45) is 3.84. The first-order valence-corrected chi connectivity index (χ1v) is 10.2. The molecule has 0 unspecified atom stereocenters. The van der Waals surface area contributed by atoms with Crippen LogP contribution in [0, 0.1) is 0 Å². The number of anilines is 1. The highest BCUT2D eigenvalue weighted by Gasteiger charge is 2.14. The van der Waals surface area contributed by atoms with Crippen LogP contribution < -0.4 is 20.7 Å². The van der Waals surface area contributed by atoms with Crippen LogP contribution in [-0.2, 0) is 17.6 Å². The zero-order valence-electron chi connectivity index (χ0n) is 16.9. The summed E-state index contributed by atoms with van der Waals surface area (Å²) in [5, 5.41) is 9.88. The molecule has 1 aliphatic rings. The van der Waals surface area contributed by atoms with Crippen molar-refractivity contribution in [1.29, 1.82) is 0 Å². The normalized spacial score (nSPS) is 13.0. The molecule has 0 bridgehead atoms. The maximum absolute atomic E-state index is 11.4. The molecule has 2 aromatic rings. The molecule has 0 fully saturated rings. The number of ether oxygens (including phenoxy) is 1. The number of carbonyl (C=O) groups excluding carboxylic acids is 1. The maximum Gasteiger partial charge on any atom is 0.224 e. The van der Waals surface area contributed by atoms with Gasteiger partial charge in [0.2, 0.25) is 5.91 Å². The van der Waals surface area contributed by atoms with Crippen LogP contribution in [0.3, 0.4) is 0 Å². The van der Waals surface area contributed by atoms with Crippen molar-refractivity contribution < 1.29 is 9.53 Å². The van der Waals surface area contributed by atoms with E-state index in [1.807, 2.05) is 31.2 Å². The van der Waals surface area contributed by atoms with Gasteiger partial charge in [0, 0.05) is 31.4 Å². The lowest BCUT2D eigenvalue weighted by atomic mass is 10.0. The van der Waals surface area contributed by atoms with E-state index in [0.29, 0.717) is 31.3 Å². The second-order valence-electron chi connectivity index (χ2n) is 6.64. The fourth-order valence-corrected chi connectivity index (χ4v) is 3.09. The number of aliphatic imine (C=N–C) groups is 1. The number of hydrogen-bond acceptors (Lipinski definition) is 4. The first-order chi connectivity index (χ1) is 14.1. The fraction of sp³-hybridized carbons (Fsp3) is 0.381. The molecule has 0 atom stereocenters. The van der Waals surface area contributed by atoms with Crippen molar-refractivity contribution >= 4 is 53.1 Å². The second-order valence-corrected chi connectivity index (χ2v) is 7.03. The molecule has 7 nitrogen and oxygen atoms in total. The molecule has 1 aliphatic heterocycles. The summed E-state index contributed by atoms with van der Waals surface area (Å²) in [6.45, 7) is 4.60. The van der Waals surface area contributed by atoms with Crippen LogP contribution in [0.4, 0.5) is 5.69 Å². The smallest absolute Gasteiger partial charge is 0.224 e. The number of fused-ring (bicyclic) bond motifs is 1. The summed E-state index contributed by atoms with van der Waals surface area (Å²) < 4.78 is 5.83. The van der Waals surface area contributed by atoms with Crippen LogP contribution >= 0.6 is 35.6 Å². The van der Waals surface area contributed by atoms with Crippen molar-refractivity contribution in [2.75, 3.05) is 31.6 Å². The third-order valence-corrected chi connectivity index (χ3v) is 4.66. The van der Waals surface area contributed by atoms with Crippen molar-refractivity contribution in [3.05, 3.63) is 52.8 Å². The quantitative estimate of drug-likeness (QED) is 0.156. The van der Waals surface area contributed by atoms with E-state index in [1.54, 1.807) is 12.3 Å². The van der Waals surface area contributed by atoms with Gasteiger partial charge in [-0.05, 0) is 55.2 Å². The number of pyridine rings is 1. The average molecular weight is 544 g/mol. The van der Waals surface area contributed by atoms with Gasteiger partial charge in [0.15, 0.2) is 5.96 Å². The summed E-state index contributed by atoms with van der Waals surface area (Å²) in [4.78, 5) is 20.1. The zero-order valence-corrected chi connectivity index (χ0v) is 20.0. The molecule has 3 N–H and O–H groups in total. The van der Waals surface area contributed by atoms with Gasteiger partial charge in [0.05, 0.1) is 6.54 Å². The van der Waals surface area contributed by atoms with Crippen molar-refractivity contribution in [3.8, 4) is 5.75 Å². The van der Waals surface area contributed by atoms with Crippen molar-refractivity contribution in [1.82, 2.24) is 15.6 Å². The number of benzene rings is 1. The molecule has 1 amide bonds. The van der Waals surface area contributed by atoms with E-state index in [0.717, 1.165) is 47.9 Å². The molecule has 3 rings (SSSR count). The monoisotopic (exact) mass is 543 g/mol. The van der Waals surface area contributed by atoms with Gasteiger partial charge in [0.1, 0.15) is 17.5 Å². The van der Waals surface area contributed by atoms with E-state index in [-0.39, 0.29) is 29.9 Å². The van der Waals surface area contributed by atoms with Gasteiger partial charge in [-0.3, -0.25) is 9.79 Å². The zero-order chi connectivity index (χ0) is 20.5. The van der Waals surface area contributed by atoms with Gasteiger partial charge in [-0.1, -0.05) is 17.7 Å². The van der Waals surface area contributed by atoms with E-state index in [2.05, 4.69) is 25.9 Å². The Morgan fingerprint density at radius 3 is 2.90 bits per heavy atom. The van der Waals surface area contributed by atoms with Crippen molar-refractivity contribution in [2.24, 2.45) is 4.99 Å². The second kappa shape index (κ2) is 12.6. The van der Waals surface area contributed by atoms with E-state index in [4.69, 9.17) is 16.3 Å². The fourth-order valence-electron chi connectivity index (χ4n) is 2.98. The largest absolute Gasteiger partial charge is 0.492 e. The molecule has 1 aromatic heterocycles. The van der Waals surface area contributed by atoms with E-state index >= 15 is 0 Å². The van der Waals surface area contributed by atoms with Gasteiger partial charge in [-0.25, -0.2) is 4.98 Å². The van der Waals surface area contributed by atoms with Gasteiger partial charge >= 0.3 is 0 Å². The Labute approximate surface area is 199 Å². The van der Waals surface area contributed by atoms with Crippen LogP contribution in [0.1, 0.15) is 24.5 Å². The number of nitrogens with zero attached hydrogens (tertiary/aromatic N) is 2. The Bertz CT molecular complexity index is 861. The Morgan fingerprint density at radius 1 is 1.27 bits per heavy atom. The molecule has 0 radical (unpaired) electrons. The van der Waals surface area contributed by atoms with E-state index in [1.165, 1.54) is 0 Å². The predicted molar refractivity (Wildman–Crippen MR) is 131 cm³/mol. The number of rotatable bonds is 8. The molecule has 2 heterocycles. The highest BCUT2D eigenvalue weighted by atomic mass is 127. The molecule has 162 valence electrons. The Kier molecular flexibility index (Phi) is 10.2. The van der Waals surface area contributed by atoms with Crippen LogP contribution in [-0.4, -0.2) is 43.1 Å². The lowest BCUT2D eigenvalue weighted by molar-refractivity contribution is -0.116. The van der Waals surface area contributed by atoms with Gasteiger partial charge < -0.3 is 20.7 Å². The Balaban J connectivity index is 0.00000320. The molecular weight excluding hydrogens is 517 g/mol. The number of aromatic nitrogens is 1. The lowest BCUT2D eigenvalue weighted by Crippen LogP contribution is -2.39. The number of hydrogen-bond donors (Lipinski definition) is 3. The first kappa shape index (κ1) is 24.2. The van der Waals surface area contributed by atoms with Gasteiger partial charge in [0.25, 0.3) is 0 Å². The summed E-state index contributed by atoms with van der Waals surface area (Å²) in [5.41, 5.74) is 3.09. The Morgan fingerprint density at radius 2 is 2.13 bits per heavy atom. The highest BCUT2D eigenvalue weighted by molar-refractivity contribution is 14.0. The highest BCUT2D eigenvalue weighted by Crippen LogP contribution is 2.26. The minimum atomic E-state index is 0.